The van der Waals surface area contributed by atoms with E-state index >= 15 is 0 Å². The van der Waals surface area contributed by atoms with Gasteiger partial charge in [-0.3, -0.25) is 9.59 Å². The molecule has 108 valence electrons. The van der Waals surface area contributed by atoms with Crippen LogP contribution in [0.25, 0.3) is 0 Å². The molecule has 20 heavy (non-hydrogen) atoms. The van der Waals surface area contributed by atoms with Gasteiger partial charge in [-0.15, -0.1) is 0 Å². The van der Waals surface area contributed by atoms with Crippen LogP contribution in [0.3, 0.4) is 0 Å². The van der Waals surface area contributed by atoms with E-state index in [1.807, 2.05) is 0 Å². The summed E-state index contributed by atoms with van der Waals surface area (Å²) < 4.78 is 14.0. The van der Waals surface area contributed by atoms with Crippen molar-refractivity contribution < 1.29 is 14.0 Å². The zero-order chi connectivity index (χ0) is 14.9. The Morgan fingerprint density at radius 1 is 1.45 bits per heavy atom. The van der Waals surface area contributed by atoms with E-state index in [4.69, 9.17) is 11.6 Å². The van der Waals surface area contributed by atoms with Gasteiger partial charge < -0.3 is 10.2 Å². The lowest BCUT2D eigenvalue weighted by Gasteiger charge is -2.31. The van der Waals surface area contributed by atoms with Gasteiger partial charge in [-0.1, -0.05) is 18.5 Å². The molecule has 0 saturated carbocycles. The molecule has 4 nitrogen and oxygen atoms in total. The summed E-state index contributed by atoms with van der Waals surface area (Å²) in [5.74, 6) is -1.09. The molecule has 1 saturated heterocycles. The topological polar surface area (TPSA) is 49.4 Å². The summed E-state index contributed by atoms with van der Waals surface area (Å²) in [5.41, 5.74) is -0.866. The molecule has 1 aromatic rings. The Morgan fingerprint density at radius 3 is 2.75 bits per heavy atom. The molecule has 1 aromatic carbocycles. The number of nitrogens with one attached hydrogen (secondary N) is 1. The SMILES string of the molecule is CCC1(C)NC(=O)CCN(c2ccc(Cl)cc2F)C1=O. The third kappa shape index (κ3) is 2.63. The third-order valence-corrected chi connectivity index (χ3v) is 3.84. The van der Waals surface area contributed by atoms with E-state index in [1.54, 1.807) is 13.8 Å². The molecule has 2 amide bonds. The monoisotopic (exact) mass is 298 g/mol. The maximum absolute atomic E-state index is 14.0. The summed E-state index contributed by atoms with van der Waals surface area (Å²) in [6.45, 7) is 3.61. The predicted molar refractivity (Wildman–Crippen MR) is 75.2 cm³/mol. The Balaban J connectivity index is 2.44. The van der Waals surface area contributed by atoms with Gasteiger partial charge in [-0.05, 0) is 31.5 Å². The highest BCUT2D eigenvalue weighted by molar-refractivity contribution is 6.30. The molecule has 6 heteroatoms. The van der Waals surface area contributed by atoms with Gasteiger partial charge >= 0.3 is 0 Å². The van der Waals surface area contributed by atoms with Gasteiger partial charge in [-0.25, -0.2) is 4.39 Å². The number of nitrogens with zero attached hydrogens (tertiary/aromatic N) is 1. The zero-order valence-corrected chi connectivity index (χ0v) is 12.1. The van der Waals surface area contributed by atoms with Crippen LogP contribution in [0.4, 0.5) is 10.1 Å². The van der Waals surface area contributed by atoms with Crippen molar-refractivity contribution in [3.05, 3.63) is 29.0 Å². The standard InChI is InChI=1S/C14H16ClFN2O2/c1-3-14(2)13(20)18(7-6-12(19)17-14)11-5-4-9(15)8-10(11)16/h4-5,8H,3,6-7H2,1-2H3,(H,17,19). The van der Waals surface area contributed by atoms with E-state index in [2.05, 4.69) is 5.32 Å². The fraction of sp³-hybridized carbons (Fsp3) is 0.429. The molecule has 0 radical (unpaired) electrons. The second-order valence-electron chi connectivity index (χ2n) is 5.04. The molecular formula is C14H16ClFN2O2. The van der Waals surface area contributed by atoms with Gasteiger partial charge in [0.15, 0.2) is 0 Å². The molecule has 0 aromatic heterocycles. The smallest absolute Gasteiger partial charge is 0.252 e. The van der Waals surface area contributed by atoms with Gasteiger partial charge in [0, 0.05) is 18.0 Å². The average molecular weight is 299 g/mol. The summed E-state index contributed by atoms with van der Waals surface area (Å²) in [5, 5.41) is 2.97. The van der Waals surface area contributed by atoms with Gasteiger partial charge in [-0.2, -0.15) is 0 Å². The maximum atomic E-state index is 14.0. The van der Waals surface area contributed by atoms with Crippen molar-refractivity contribution in [3.8, 4) is 0 Å². The van der Waals surface area contributed by atoms with Crippen LogP contribution in [0, 0.1) is 5.82 Å². The van der Waals surface area contributed by atoms with Crippen molar-refractivity contribution in [2.24, 2.45) is 0 Å². The van der Waals surface area contributed by atoms with Crippen LogP contribution in [-0.4, -0.2) is 23.9 Å². The highest BCUT2D eigenvalue weighted by Crippen LogP contribution is 2.27. The Hall–Kier alpha value is -1.62. The number of anilines is 1. The summed E-state index contributed by atoms with van der Waals surface area (Å²) in [6.07, 6.45) is 0.576. The molecule has 1 aliphatic rings. The van der Waals surface area contributed by atoms with E-state index in [0.29, 0.717) is 6.42 Å². The van der Waals surface area contributed by atoms with E-state index in [1.165, 1.54) is 17.0 Å². The minimum atomic E-state index is -1.01. The first kappa shape index (κ1) is 14.8. The largest absolute Gasteiger partial charge is 0.342 e. The Kier molecular flexibility index (Phi) is 3.99. The number of carbonyl (C=O) groups is 2. The van der Waals surface area contributed by atoms with Gasteiger partial charge in [0.05, 0.1) is 5.69 Å². The van der Waals surface area contributed by atoms with E-state index in [9.17, 15) is 14.0 Å². The summed E-state index contributed by atoms with van der Waals surface area (Å²) in [4.78, 5) is 25.6. The quantitative estimate of drug-likeness (QED) is 0.912. The van der Waals surface area contributed by atoms with Crippen LogP contribution >= 0.6 is 11.6 Å². The number of benzene rings is 1. The molecule has 0 aliphatic carbocycles. The molecule has 1 fully saturated rings. The predicted octanol–water partition coefficient (Wildman–Crippen LogP) is 2.50. The average Bonchev–Trinajstić information content (AvgIpc) is 2.50. The van der Waals surface area contributed by atoms with E-state index < -0.39 is 11.4 Å². The maximum Gasteiger partial charge on any atom is 0.252 e. The van der Waals surface area contributed by atoms with Gasteiger partial charge in [0.2, 0.25) is 5.91 Å². The Labute approximate surface area is 121 Å². The third-order valence-electron chi connectivity index (χ3n) is 3.60. The number of hydrogen-bond donors (Lipinski definition) is 1. The first-order chi connectivity index (χ1) is 9.37. The van der Waals surface area contributed by atoms with Crippen molar-refractivity contribution in [2.45, 2.75) is 32.2 Å². The molecule has 1 unspecified atom stereocenters. The summed E-state index contributed by atoms with van der Waals surface area (Å²) >= 11 is 5.72. The Bertz CT molecular complexity index is 564. The molecular weight excluding hydrogens is 283 g/mol. The molecule has 2 rings (SSSR count). The Morgan fingerprint density at radius 2 is 2.15 bits per heavy atom. The highest BCUT2D eigenvalue weighted by atomic mass is 35.5. The second kappa shape index (κ2) is 5.40. The van der Waals surface area contributed by atoms with E-state index in [-0.39, 0.29) is 35.5 Å². The minimum absolute atomic E-state index is 0.142. The van der Waals surface area contributed by atoms with Crippen LogP contribution in [0.1, 0.15) is 26.7 Å². The molecule has 1 heterocycles. The number of rotatable bonds is 2. The molecule has 0 bridgehead atoms. The van der Waals surface area contributed by atoms with Crippen molar-refractivity contribution in [1.82, 2.24) is 5.32 Å². The van der Waals surface area contributed by atoms with Crippen molar-refractivity contribution >= 4 is 29.1 Å². The van der Waals surface area contributed by atoms with Crippen LogP contribution < -0.4 is 10.2 Å². The summed E-state index contributed by atoms with van der Waals surface area (Å²) in [6, 6.07) is 4.14. The molecule has 1 atom stereocenters. The number of halogens is 2. The lowest BCUT2D eigenvalue weighted by Crippen LogP contribution is -2.55. The molecule has 0 spiro atoms. The van der Waals surface area contributed by atoms with Crippen LogP contribution in [0.15, 0.2) is 18.2 Å². The fourth-order valence-electron chi connectivity index (χ4n) is 2.21. The van der Waals surface area contributed by atoms with Crippen molar-refractivity contribution in [3.63, 3.8) is 0 Å². The van der Waals surface area contributed by atoms with Crippen molar-refractivity contribution in [2.75, 3.05) is 11.4 Å². The number of carbonyl (C=O) groups excluding carboxylic acids is 2. The first-order valence-corrected chi connectivity index (χ1v) is 6.83. The van der Waals surface area contributed by atoms with Crippen LogP contribution in [0.5, 0.6) is 0 Å². The number of amides is 2. The van der Waals surface area contributed by atoms with Gasteiger partial charge in [0.25, 0.3) is 5.91 Å². The second-order valence-corrected chi connectivity index (χ2v) is 5.47. The minimum Gasteiger partial charge on any atom is -0.342 e. The normalized spacial score (nSPS) is 23.5. The van der Waals surface area contributed by atoms with E-state index in [0.717, 1.165) is 6.07 Å². The van der Waals surface area contributed by atoms with Gasteiger partial charge in [0.1, 0.15) is 11.4 Å². The summed E-state index contributed by atoms with van der Waals surface area (Å²) in [7, 11) is 0. The number of hydrogen-bond acceptors (Lipinski definition) is 2. The van der Waals surface area contributed by atoms with Crippen molar-refractivity contribution in [1.29, 1.82) is 0 Å². The lowest BCUT2D eigenvalue weighted by molar-refractivity contribution is -0.129. The lowest BCUT2D eigenvalue weighted by atomic mass is 9.97. The molecule has 1 aliphatic heterocycles. The highest BCUT2D eigenvalue weighted by Gasteiger charge is 2.40. The first-order valence-electron chi connectivity index (χ1n) is 6.45. The van der Waals surface area contributed by atoms with Crippen LogP contribution in [0.2, 0.25) is 5.02 Å². The molecule has 1 N–H and O–H groups in total. The zero-order valence-electron chi connectivity index (χ0n) is 11.4. The fourth-order valence-corrected chi connectivity index (χ4v) is 2.36. The van der Waals surface area contributed by atoms with Crippen LogP contribution in [-0.2, 0) is 9.59 Å².